The molecule has 0 bridgehead atoms. The first-order valence-electron chi connectivity index (χ1n) is 16.8. The molecule has 3 aromatic carbocycles. The van der Waals surface area contributed by atoms with Crippen LogP contribution in [0.3, 0.4) is 0 Å². The Balaban J connectivity index is 1.13. The van der Waals surface area contributed by atoms with Gasteiger partial charge in [-0.1, -0.05) is 36.4 Å². The van der Waals surface area contributed by atoms with Crippen LogP contribution in [0.4, 0.5) is 10.3 Å². The fraction of sp³-hybridized carbons (Fsp3) is 0.421. The van der Waals surface area contributed by atoms with Crippen molar-refractivity contribution in [3.63, 3.8) is 0 Å². The van der Waals surface area contributed by atoms with Gasteiger partial charge in [0.2, 0.25) is 11.7 Å². The second-order valence-electron chi connectivity index (χ2n) is 12.8. The number of para-hydroxylation sites is 2. The number of allylic oxidation sites excluding steroid dienone is 2. The second kappa shape index (κ2) is 14.7. The zero-order chi connectivity index (χ0) is 33.7. The van der Waals surface area contributed by atoms with Gasteiger partial charge in [0.25, 0.3) is 5.91 Å². The summed E-state index contributed by atoms with van der Waals surface area (Å²) in [5, 5.41) is 3.75. The zero-order valence-electron chi connectivity index (χ0n) is 28.4. The number of carbonyl (C=O) groups is 1. The van der Waals surface area contributed by atoms with Gasteiger partial charge in [-0.05, 0) is 81.1 Å². The SMILES string of the molecule is C/C=C/Cn1c(NC2CCN(CCC3(c4ccc(F)cc4)CCN(C(=O)c4cc(OC)c(OC)c(OC)c4)C3)CC2)nc2ccccc21. The van der Waals surface area contributed by atoms with E-state index in [1.807, 2.05) is 30.0 Å². The summed E-state index contributed by atoms with van der Waals surface area (Å²) in [5.41, 5.74) is 3.41. The predicted octanol–water partition coefficient (Wildman–Crippen LogP) is 6.53. The number of fused-ring (bicyclic) bond motifs is 1. The Kier molecular flexibility index (Phi) is 10.2. The lowest BCUT2D eigenvalue weighted by Crippen LogP contribution is -2.42. The summed E-state index contributed by atoms with van der Waals surface area (Å²) < 4.78 is 32.7. The maximum absolute atomic E-state index is 14.0. The highest BCUT2D eigenvalue weighted by molar-refractivity contribution is 5.96. The Morgan fingerprint density at radius 2 is 1.71 bits per heavy atom. The highest BCUT2D eigenvalue weighted by Gasteiger charge is 2.42. The fourth-order valence-corrected chi connectivity index (χ4v) is 7.26. The largest absolute Gasteiger partial charge is 0.493 e. The van der Waals surface area contributed by atoms with Crippen molar-refractivity contribution in [2.75, 3.05) is 59.4 Å². The van der Waals surface area contributed by atoms with Gasteiger partial charge in [-0.2, -0.15) is 0 Å². The molecule has 9 nitrogen and oxygen atoms in total. The number of imidazole rings is 1. The monoisotopic (exact) mass is 655 g/mol. The predicted molar refractivity (Wildman–Crippen MR) is 187 cm³/mol. The molecule has 0 aliphatic carbocycles. The summed E-state index contributed by atoms with van der Waals surface area (Å²) in [7, 11) is 4.63. The number of methoxy groups -OCH3 is 3. The highest BCUT2D eigenvalue weighted by Crippen LogP contribution is 2.41. The van der Waals surface area contributed by atoms with Crippen molar-refractivity contribution in [1.29, 1.82) is 0 Å². The van der Waals surface area contributed by atoms with Gasteiger partial charge >= 0.3 is 0 Å². The number of carbonyl (C=O) groups excluding carboxylic acids is 1. The van der Waals surface area contributed by atoms with E-state index in [0.717, 1.165) is 74.4 Å². The molecule has 0 spiro atoms. The smallest absolute Gasteiger partial charge is 0.254 e. The van der Waals surface area contributed by atoms with Crippen LogP contribution in [0.1, 0.15) is 48.5 Å². The third-order valence-electron chi connectivity index (χ3n) is 10.0. The summed E-state index contributed by atoms with van der Waals surface area (Å²) in [6.07, 6.45) is 7.93. The molecule has 1 aromatic heterocycles. The highest BCUT2D eigenvalue weighted by atomic mass is 19.1. The van der Waals surface area contributed by atoms with Gasteiger partial charge in [0, 0.05) is 49.7 Å². The molecule has 0 radical (unpaired) electrons. The van der Waals surface area contributed by atoms with E-state index in [1.165, 1.54) is 12.1 Å². The first-order chi connectivity index (χ1) is 23.4. The molecule has 1 unspecified atom stereocenters. The number of amides is 1. The van der Waals surface area contributed by atoms with Crippen molar-refractivity contribution >= 4 is 22.9 Å². The van der Waals surface area contributed by atoms with Crippen molar-refractivity contribution in [1.82, 2.24) is 19.4 Å². The number of rotatable bonds is 12. The van der Waals surface area contributed by atoms with Crippen molar-refractivity contribution in [2.24, 2.45) is 0 Å². The number of anilines is 1. The lowest BCUT2D eigenvalue weighted by molar-refractivity contribution is 0.0779. The van der Waals surface area contributed by atoms with Crippen molar-refractivity contribution < 1.29 is 23.4 Å². The molecule has 1 N–H and O–H groups in total. The average molecular weight is 656 g/mol. The van der Waals surface area contributed by atoms with Crippen molar-refractivity contribution in [3.05, 3.63) is 89.8 Å². The summed E-state index contributed by atoms with van der Waals surface area (Å²) in [5.74, 6) is 1.90. The molecular weight excluding hydrogens is 609 g/mol. The number of piperidine rings is 1. The number of benzene rings is 3. The molecule has 0 saturated carbocycles. The van der Waals surface area contributed by atoms with Crippen LogP contribution in [0.15, 0.2) is 72.8 Å². The standard InChI is InChI=1S/C38H46FN5O4/c1-5-6-19-44-32-10-8-7-9-31(32)41-37(44)40-30-15-20-42(21-16-30)22-17-38(28-11-13-29(39)14-12-28)18-23-43(26-38)36(45)27-24-33(46-2)35(48-4)34(25-27)47-3/h5-14,24-25,30H,15-23,26H2,1-4H3,(H,40,41)/b6-5+. The Morgan fingerprint density at radius 3 is 2.38 bits per heavy atom. The summed E-state index contributed by atoms with van der Waals surface area (Å²) in [4.78, 5) is 23.2. The molecule has 4 aromatic rings. The van der Waals surface area contributed by atoms with Crippen LogP contribution in [0.2, 0.25) is 0 Å². The van der Waals surface area contributed by atoms with Crippen LogP contribution in [0.5, 0.6) is 17.2 Å². The normalized spacial score (nSPS) is 18.9. The molecule has 48 heavy (non-hydrogen) atoms. The van der Waals surface area contributed by atoms with Crippen LogP contribution in [-0.2, 0) is 12.0 Å². The van der Waals surface area contributed by atoms with Crippen molar-refractivity contribution in [3.8, 4) is 17.2 Å². The van der Waals surface area contributed by atoms with E-state index >= 15 is 0 Å². The number of likely N-dealkylation sites (tertiary alicyclic amines) is 2. The second-order valence-corrected chi connectivity index (χ2v) is 12.8. The minimum atomic E-state index is -0.281. The molecule has 3 heterocycles. The number of aromatic nitrogens is 2. The first kappa shape index (κ1) is 33.3. The third kappa shape index (κ3) is 6.85. The van der Waals surface area contributed by atoms with Crippen LogP contribution in [0.25, 0.3) is 11.0 Å². The van der Waals surface area contributed by atoms with E-state index in [1.54, 1.807) is 33.5 Å². The van der Waals surface area contributed by atoms with Gasteiger partial charge < -0.3 is 33.9 Å². The summed E-state index contributed by atoms with van der Waals surface area (Å²) in [6.45, 7) is 6.82. The van der Waals surface area contributed by atoms with E-state index in [0.29, 0.717) is 41.9 Å². The Bertz CT molecular complexity index is 1720. The molecule has 2 saturated heterocycles. The minimum absolute atomic E-state index is 0.0921. The molecule has 2 fully saturated rings. The molecule has 1 atom stereocenters. The number of halogens is 1. The van der Waals surface area contributed by atoms with E-state index < -0.39 is 0 Å². The quantitative estimate of drug-likeness (QED) is 0.174. The number of ether oxygens (including phenoxy) is 3. The number of hydrogen-bond donors (Lipinski definition) is 1. The number of hydrogen-bond acceptors (Lipinski definition) is 7. The first-order valence-corrected chi connectivity index (χ1v) is 16.8. The summed E-state index contributed by atoms with van der Waals surface area (Å²) >= 11 is 0. The zero-order valence-corrected chi connectivity index (χ0v) is 28.4. The van der Waals surface area contributed by atoms with Crippen LogP contribution in [-0.4, -0.2) is 85.4 Å². The molecular formula is C38H46FN5O4. The molecule has 2 aliphatic heterocycles. The van der Waals surface area contributed by atoms with Crippen LogP contribution < -0.4 is 19.5 Å². The topological polar surface area (TPSA) is 81.1 Å². The van der Waals surface area contributed by atoms with Gasteiger partial charge in [0.1, 0.15) is 5.82 Å². The Labute approximate surface area is 282 Å². The average Bonchev–Trinajstić information content (AvgIpc) is 3.71. The lowest BCUT2D eigenvalue weighted by Gasteiger charge is -2.36. The van der Waals surface area contributed by atoms with Crippen LogP contribution >= 0.6 is 0 Å². The number of nitrogens with one attached hydrogen (secondary N) is 1. The maximum atomic E-state index is 14.0. The van der Waals surface area contributed by atoms with E-state index in [2.05, 4.69) is 45.1 Å². The number of nitrogens with zero attached hydrogens (tertiary/aromatic N) is 4. The van der Waals surface area contributed by atoms with Crippen molar-refractivity contribution in [2.45, 2.75) is 50.6 Å². The van der Waals surface area contributed by atoms with Gasteiger partial charge in [-0.25, -0.2) is 9.37 Å². The molecule has 10 heteroatoms. The van der Waals surface area contributed by atoms with Crippen LogP contribution in [0, 0.1) is 5.82 Å². The minimum Gasteiger partial charge on any atom is -0.493 e. The Hall–Kier alpha value is -4.57. The van der Waals surface area contributed by atoms with E-state index in [9.17, 15) is 9.18 Å². The van der Waals surface area contributed by atoms with Gasteiger partial charge in [-0.15, -0.1) is 0 Å². The maximum Gasteiger partial charge on any atom is 0.254 e. The third-order valence-corrected chi connectivity index (χ3v) is 10.0. The molecule has 6 rings (SSSR count). The molecule has 1 amide bonds. The molecule has 2 aliphatic rings. The Morgan fingerprint density at radius 1 is 1.00 bits per heavy atom. The fourth-order valence-electron chi connectivity index (χ4n) is 7.26. The van der Waals surface area contributed by atoms with Gasteiger partial charge in [-0.3, -0.25) is 4.79 Å². The lowest BCUT2D eigenvalue weighted by atomic mass is 9.76. The summed E-state index contributed by atoms with van der Waals surface area (Å²) in [6, 6.07) is 18.9. The van der Waals surface area contributed by atoms with Gasteiger partial charge in [0.15, 0.2) is 11.5 Å². The van der Waals surface area contributed by atoms with E-state index in [-0.39, 0.29) is 17.1 Å². The van der Waals surface area contributed by atoms with Gasteiger partial charge in [0.05, 0.1) is 32.4 Å². The molecule has 254 valence electrons. The van der Waals surface area contributed by atoms with E-state index in [4.69, 9.17) is 19.2 Å².